The fourth-order valence-electron chi connectivity index (χ4n) is 3.59. The van der Waals surface area contributed by atoms with Crippen LogP contribution >= 0.6 is 11.3 Å². The Bertz CT molecular complexity index is 723. The van der Waals surface area contributed by atoms with E-state index in [4.69, 9.17) is 5.11 Å². The Morgan fingerprint density at radius 3 is 2.78 bits per heavy atom. The summed E-state index contributed by atoms with van der Waals surface area (Å²) in [5, 5.41) is 15.5. The highest BCUT2D eigenvalue weighted by Gasteiger charge is 2.24. The van der Waals surface area contributed by atoms with Gasteiger partial charge in [-0.05, 0) is 50.3 Å². The molecule has 1 aromatic carbocycles. The first-order chi connectivity index (χ1) is 13.2. The number of nitrogens with one attached hydrogen (secondary N) is 2. The Labute approximate surface area is 165 Å². The van der Waals surface area contributed by atoms with E-state index in [1.54, 1.807) is 11.3 Å². The summed E-state index contributed by atoms with van der Waals surface area (Å²) in [4.78, 5) is 18.1. The van der Waals surface area contributed by atoms with Crippen molar-refractivity contribution in [2.24, 2.45) is 0 Å². The van der Waals surface area contributed by atoms with E-state index in [2.05, 4.69) is 39.9 Å². The molecule has 146 valence electrons. The van der Waals surface area contributed by atoms with Gasteiger partial charge >= 0.3 is 0 Å². The van der Waals surface area contributed by atoms with Crippen molar-refractivity contribution in [3.8, 4) is 10.4 Å². The summed E-state index contributed by atoms with van der Waals surface area (Å²) in [7, 11) is 0. The predicted octanol–water partition coefficient (Wildman–Crippen LogP) is 3.58. The van der Waals surface area contributed by atoms with Crippen LogP contribution in [0.25, 0.3) is 10.4 Å². The highest BCUT2D eigenvalue weighted by Crippen LogP contribution is 2.29. The number of amides is 1. The number of rotatable bonds is 9. The summed E-state index contributed by atoms with van der Waals surface area (Å²) in [6.45, 7) is 3.17. The number of unbranched alkanes of at least 4 members (excludes halogenated alkanes) is 2. The number of nitrogens with zero attached hydrogens (tertiary/aromatic N) is 1. The highest BCUT2D eigenvalue weighted by molar-refractivity contribution is 7.13. The third-order valence-electron chi connectivity index (χ3n) is 5.16. The van der Waals surface area contributed by atoms with Gasteiger partial charge in [0.25, 0.3) is 0 Å². The Balaban J connectivity index is 1.70. The van der Waals surface area contributed by atoms with Crippen LogP contribution in [0.3, 0.4) is 0 Å². The number of hydrogen-bond acceptors (Lipinski definition) is 5. The summed E-state index contributed by atoms with van der Waals surface area (Å²) in [5.41, 5.74) is 5.23. The molecule has 0 bridgehead atoms. The zero-order valence-corrected chi connectivity index (χ0v) is 16.7. The van der Waals surface area contributed by atoms with Gasteiger partial charge in [0.1, 0.15) is 0 Å². The number of carbonyl (C=O) groups is 1. The summed E-state index contributed by atoms with van der Waals surface area (Å²) in [5.74, 6) is 0.0991. The number of hydrogen-bond donors (Lipinski definition) is 3. The highest BCUT2D eigenvalue weighted by atomic mass is 32.1. The lowest BCUT2D eigenvalue weighted by atomic mass is 9.98. The molecule has 0 aliphatic carbocycles. The van der Waals surface area contributed by atoms with Crippen molar-refractivity contribution >= 4 is 17.2 Å². The van der Waals surface area contributed by atoms with Crippen molar-refractivity contribution in [3.05, 3.63) is 41.0 Å². The Kier molecular flexibility index (Phi) is 7.38. The minimum absolute atomic E-state index is 0.00944. The van der Waals surface area contributed by atoms with Crippen molar-refractivity contribution in [2.45, 2.75) is 57.5 Å². The van der Waals surface area contributed by atoms with Crippen LogP contribution in [0.5, 0.6) is 0 Å². The molecular formula is C21H29N3O2S. The van der Waals surface area contributed by atoms with Gasteiger partial charge in [-0.25, -0.2) is 4.98 Å². The van der Waals surface area contributed by atoms with Gasteiger partial charge in [-0.3, -0.25) is 4.79 Å². The Morgan fingerprint density at radius 2 is 2.15 bits per heavy atom. The monoisotopic (exact) mass is 387 g/mol. The number of aryl methyl sites for hydroxylation is 1. The van der Waals surface area contributed by atoms with Gasteiger partial charge < -0.3 is 15.7 Å². The molecule has 1 aliphatic heterocycles. The van der Waals surface area contributed by atoms with Crippen molar-refractivity contribution in [1.82, 2.24) is 15.6 Å². The molecule has 3 rings (SSSR count). The lowest BCUT2D eigenvalue weighted by molar-refractivity contribution is -0.123. The third kappa shape index (κ3) is 5.37. The van der Waals surface area contributed by atoms with Gasteiger partial charge in [-0.1, -0.05) is 37.1 Å². The van der Waals surface area contributed by atoms with Crippen LogP contribution < -0.4 is 10.6 Å². The maximum absolute atomic E-state index is 12.6. The normalized spacial score (nSPS) is 17.8. The summed E-state index contributed by atoms with van der Waals surface area (Å²) in [6, 6.07) is 8.42. The number of thiazole rings is 1. The van der Waals surface area contributed by atoms with Crippen LogP contribution in [0.1, 0.15) is 55.8 Å². The molecule has 0 saturated carbocycles. The standard InChI is InChI=1S/C21H29N3O2S/c1-15-20(27-14-23-15)17-10-8-16(9-11-17)18(6-3-2-4-13-25)24-21(26)19-7-5-12-22-19/h8-11,14,18-19,22,25H,2-7,12-13H2,1H3,(H,24,26)/t18-,19?/m0/s1. The second-order valence-electron chi connectivity index (χ2n) is 7.17. The Morgan fingerprint density at radius 1 is 1.33 bits per heavy atom. The molecule has 27 heavy (non-hydrogen) atoms. The summed E-state index contributed by atoms with van der Waals surface area (Å²) in [6.07, 6.45) is 5.63. The van der Waals surface area contributed by atoms with Crippen LogP contribution in [0.4, 0.5) is 0 Å². The lowest BCUT2D eigenvalue weighted by Crippen LogP contribution is -2.42. The first-order valence-corrected chi connectivity index (χ1v) is 10.7. The molecular weight excluding hydrogens is 358 g/mol. The second kappa shape index (κ2) is 9.97. The largest absolute Gasteiger partial charge is 0.396 e. The number of aliphatic hydroxyl groups excluding tert-OH is 1. The Hall–Kier alpha value is -1.76. The molecule has 1 saturated heterocycles. The van der Waals surface area contributed by atoms with Gasteiger partial charge in [0, 0.05) is 6.61 Å². The minimum Gasteiger partial charge on any atom is -0.396 e. The van der Waals surface area contributed by atoms with Crippen molar-refractivity contribution < 1.29 is 9.90 Å². The maximum atomic E-state index is 12.6. The van der Waals surface area contributed by atoms with E-state index in [0.717, 1.165) is 56.3 Å². The number of benzene rings is 1. The van der Waals surface area contributed by atoms with E-state index < -0.39 is 0 Å². The minimum atomic E-state index is -0.0657. The number of aromatic nitrogens is 1. The molecule has 2 heterocycles. The molecule has 1 unspecified atom stereocenters. The van der Waals surface area contributed by atoms with Crippen molar-refractivity contribution in [2.75, 3.05) is 13.2 Å². The molecule has 5 nitrogen and oxygen atoms in total. The molecule has 6 heteroatoms. The van der Waals surface area contributed by atoms with Gasteiger partial charge in [0.05, 0.1) is 28.2 Å². The van der Waals surface area contributed by atoms with E-state index in [0.29, 0.717) is 0 Å². The van der Waals surface area contributed by atoms with Crippen LogP contribution in [0.15, 0.2) is 29.8 Å². The molecule has 2 atom stereocenters. The molecule has 2 aromatic rings. The smallest absolute Gasteiger partial charge is 0.237 e. The number of carbonyl (C=O) groups excluding carboxylic acids is 1. The first-order valence-electron chi connectivity index (χ1n) is 9.84. The zero-order valence-electron chi connectivity index (χ0n) is 15.9. The van der Waals surface area contributed by atoms with Crippen molar-refractivity contribution in [3.63, 3.8) is 0 Å². The zero-order chi connectivity index (χ0) is 19.1. The molecule has 1 fully saturated rings. The fraction of sp³-hybridized carbons (Fsp3) is 0.524. The topological polar surface area (TPSA) is 74.2 Å². The van der Waals surface area contributed by atoms with Gasteiger partial charge in [-0.2, -0.15) is 0 Å². The van der Waals surface area contributed by atoms with E-state index >= 15 is 0 Å². The summed E-state index contributed by atoms with van der Waals surface area (Å²) >= 11 is 1.65. The first kappa shape index (κ1) is 20.0. The van der Waals surface area contributed by atoms with Crippen LogP contribution in [0.2, 0.25) is 0 Å². The summed E-state index contributed by atoms with van der Waals surface area (Å²) < 4.78 is 0. The van der Waals surface area contributed by atoms with Gasteiger partial charge in [0.15, 0.2) is 0 Å². The average molecular weight is 388 g/mol. The molecule has 0 radical (unpaired) electrons. The van der Waals surface area contributed by atoms with Crippen LogP contribution in [-0.4, -0.2) is 35.2 Å². The van der Waals surface area contributed by atoms with E-state index in [1.807, 2.05) is 12.4 Å². The fourth-order valence-corrected chi connectivity index (χ4v) is 4.40. The molecule has 1 aliphatic rings. The van der Waals surface area contributed by atoms with Gasteiger partial charge in [-0.15, -0.1) is 11.3 Å². The molecule has 0 spiro atoms. The van der Waals surface area contributed by atoms with Crippen LogP contribution in [0, 0.1) is 6.92 Å². The molecule has 1 amide bonds. The predicted molar refractivity (Wildman–Crippen MR) is 110 cm³/mol. The average Bonchev–Trinajstić information content (AvgIpc) is 3.36. The van der Waals surface area contributed by atoms with E-state index in [-0.39, 0.29) is 24.6 Å². The van der Waals surface area contributed by atoms with Crippen LogP contribution in [-0.2, 0) is 4.79 Å². The lowest BCUT2D eigenvalue weighted by Gasteiger charge is -2.22. The van der Waals surface area contributed by atoms with E-state index in [9.17, 15) is 4.79 Å². The number of aliphatic hydroxyl groups is 1. The third-order valence-corrected chi connectivity index (χ3v) is 6.14. The SMILES string of the molecule is Cc1ncsc1-c1ccc([C@H](CCCCCO)NC(=O)C2CCCN2)cc1. The molecule has 3 N–H and O–H groups in total. The maximum Gasteiger partial charge on any atom is 0.237 e. The van der Waals surface area contributed by atoms with Crippen molar-refractivity contribution in [1.29, 1.82) is 0 Å². The molecule has 1 aromatic heterocycles. The van der Waals surface area contributed by atoms with Gasteiger partial charge in [0.2, 0.25) is 5.91 Å². The quantitative estimate of drug-likeness (QED) is 0.575. The second-order valence-corrected chi connectivity index (χ2v) is 8.03. The van der Waals surface area contributed by atoms with E-state index in [1.165, 1.54) is 10.4 Å².